The fraction of sp³-hybridized carbons (Fsp3) is 0.588. The van der Waals surface area contributed by atoms with Crippen molar-refractivity contribution in [3.8, 4) is 11.5 Å². The number of carbonyl (C=O) groups excluding carboxylic acids is 1. The molecule has 3 aliphatic heterocycles. The molecule has 0 saturated carbocycles. The molecule has 4 rings (SSSR count). The molecule has 1 aromatic carbocycles. The predicted molar refractivity (Wildman–Crippen MR) is 83.9 cm³/mol. The summed E-state index contributed by atoms with van der Waals surface area (Å²) in [7, 11) is 0. The maximum Gasteiger partial charge on any atom is 0.251 e. The fourth-order valence-corrected chi connectivity index (χ4v) is 3.78. The summed E-state index contributed by atoms with van der Waals surface area (Å²) in [6, 6.07) is 5.44. The van der Waals surface area contributed by atoms with Gasteiger partial charge in [-0.1, -0.05) is 0 Å². The fourth-order valence-electron chi connectivity index (χ4n) is 3.78. The van der Waals surface area contributed by atoms with Gasteiger partial charge in [-0.2, -0.15) is 0 Å². The van der Waals surface area contributed by atoms with Gasteiger partial charge in [-0.3, -0.25) is 4.79 Å². The summed E-state index contributed by atoms with van der Waals surface area (Å²) >= 11 is 0. The molecule has 6 heteroatoms. The number of fused-ring (bicyclic) bond motifs is 3. The second-order valence-corrected chi connectivity index (χ2v) is 6.72. The van der Waals surface area contributed by atoms with Crippen molar-refractivity contribution in [2.24, 2.45) is 5.92 Å². The van der Waals surface area contributed by atoms with E-state index in [-0.39, 0.29) is 24.7 Å². The summed E-state index contributed by atoms with van der Waals surface area (Å²) in [5.74, 6) is 1.79. The van der Waals surface area contributed by atoms with Crippen LogP contribution in [0.1, 0.15) is 23.2 Å². The van der Waals surface area contributed by atoms with Crippen molar-refractivity contribution in [3.63, 3.8) is 0 Å². The van der Waals surface area contributed by atoms with Crippen molar-refractivity contribution < 1.29 is 19.4 Å². The summed E-state index contributed by atoms with van der Waals surface area (Å²) in [4.78, 5) is 14.9. The number of nitrogens with one attached hydrogen (secondary N) is 1. The lowest BCUT2D eigenvalue weighted by atomic mass is 9.96. The van der Waals surface area contributed by atoms with Gasteiger partial charge in [-0.25, -0.2) is 0 Å². The zero-order valence-electron chi connectivity index (χ0n) is 13.0. The molecule has 1 unspecified atom stereocenters. The maximum absolute atomic E-state index is 12.5. The molecule has 0 aromatic heterocycles. The van der Waals surface area contributed by atoms with Gasteiger partial charge in [0.1, 0.15) is 6.61 Å². The highest BCUT2D eigenvalue weighted by Gasteiger charge is 2.33. The molecule has 3 heterocycles. The molecule has 2 saturated heterocycles. The molecule has 2 fully saturated rings. The van der Waals surface area contributed by atoms with Gasteiger partial charge >= 0.3 is 0 Å². The monoisotopic (exact) mass is 318 g/mol. The van der Waals surface area contributed by atoms with Crippen LogP contribution in [0.25, 0.3) is 0 Å². The number of amides is 1. The first-order valence-electron chi connectivity index (χ1n) is 8.29. The number of hydrogen-bond acceptors (Lipinski definition) is 5. The van der Waals surface area contributed by atoms with E-state index in [0.29, 0.717) is 23.7 Å². The Morgan fingerprint density at radius 3 is 3.09 bits per heavy atom. The Bertz CT molecular complexity index is 594. The van der Waals surface area contributed by atoms with E-state index < -0.39 is 0 Å². The quantitative estimate of drug-likeness (QED) is 0.856. The summed E-state index contributed by atoms with van der Waals surface area (Å²) < 4.78 is 11.2. The van der Waals surface area contributed by atoms with E-state index in [1.165, 1.54) is 13.0 Å². The zero-order chi connectivity index (χ0) is 15.8. The first-order chi connectivity index (χ1) is 11.2. The van der Waals surface area contributed by atoms with Crippen LogP contribution in [0.5, 0.6) is 11.5 Å². The average molecular weight is 318 g/mol. The van der Waals surface area contributed by atoms with Crippen molar-refractivity contribution in [2.45, 2.75) is 25.0 Å². The summed E-state index contributed by atoms with van der Waals surface area (Å²) in [6.07, 6.45) is 1.95. The molecular weight excluding hydrogens is 296 g/mol. The van der Waals surface area contributed by atoms with Crippen LogP contribution in [-0.2, 0) is 0 Å². The van der Waals surface area contributed by atoms with Gasteiger partial charge in [-0.15, -0.1) is 0 Å². The predicted octanol–water partition coefficient (Wildman–Crippen LogP) is 0.643. The molecule has 1 amide bonds. The molecule has 0 radical (unpaired) electrons. The highest BCUT2D eigenvalue weighted by molar-refractivity contribution is 5.95. The number of aliphatic hydroxyl groups excluding tert-OH is 1. The number of piperidine rings is 1. The minimum Gasteiger partial charge on any atom is -0.486 e. The second-order valence-electron chi connectivity index (χ2n) is 6.72. The van der Waals surface area contributed by atoms with Gasteiger partial charge < -0.3 is 24.8 Å². The highest BCUT2D eigenvalue weighted by Crippen LogP contribution is 2.33. The van der Waals surface area contributed by atoms with Crippen molar-refractivity contribution >= 4 is 5.91 Å². The van der Waals surface area contributed by atoms with Gasteiger partial charge in [0.2, 0.25) is 0 Å². The van der Waals surface area contributed by atoms with Crippen molar-refractivity contribution in [1.82, 2.24) is 10.2 Å². The third kappa shape index (κ3) is 3.01. The van der Waals surface area contributed by atoms with Gasteiger partial charge in [0.05, 0.1) is 6.61 Å². The topological polar surface area (TPSA) is 71.0 Å². The van der Waals surface area contributed by atoms with Crippen molar-refractivity contribution in [1.29, 1.82) is 0 Å². The molecule has 2 N–H and O–H groups in total. The number of nitrogens with zero attached hydrogens (tertiary/aromatic N) is 1. The van der Waals surface area contributed by atoms with E-state index >= 15 is 0 Å². The van der Waals surface area contributed by atoms with Crippen LogP contribution in [-0.4, -0.2) is 60.9 Å². The van der Waals surface area contributed by atoms with Gasteiger partial charge in [0, 0.05) is 24.7 Å². The first kappa shape index (κ1) is 14.8. The number of rotatable bonds is 3. The Morgan fingerprint density at radius 2 is 2.26 bits per heavy atom. The summed E-state index contributed by atoms with van der Waals surface area (Å²) in [5, 5.41) is 12.3. The van der Waals surface area contributed by atoms with Crippen LogP contribution < -0.4 is 14.8 Å². The molecule has 6 nitrogen and oxygen atoms in total. The number of benzene rings is 1. The van der Waals surface area contributed by atoms with Gasteiger partial charge in [0.15, 0.2) is 17.6 Å². The van der Waals surface area contributed by atoms with Crippen molar-refractivity contribution in [3.05, 3.63) is 23.8 Å². The Morgan fingerprint density at radius 1 is 1.35 bits per heavy atom. The van der Waals surface area contributed by atoms with E-state index in [0.717, 1.165) is 25.4 Å². The average Bonchev–Trinajstić information content (AvgIpc) is 2.92. The maximum atomic E-state index is 12.5. The number of ether oxygens (including phenoxy) is 2. The molecule has 124 valence electrons. The molecule has 23 heavy (non-hydrogen) atoms. The van der Waals surface area contributed by atoms with E-state index in [4.69, 9.17) is 9.47 Å². The van der Waals surface area contributed by atoms with E-state index in [2.05, 4.69) is 10.2 Å². The third-order valence-corrected chi connectivity index (χ3v) is 4.93. The van der Waals surface area contributed by atoms with Gasteiger partial charge in [-0.05, 0) is 43.5 Å². The van der Waals surface area contributed by atoms with Crippen LogP contribution >= 0.6 is 0 Å². The van der Waals surface area contributed by atoms with Crippen LogP contribution in [0, 0.1) is 5.92 Å². The highest BCUT2D eigenvalue weighted by atomic mass is 16.6. The van der Waals surface area contributed by atoms with Gasteiger partial charge in [0.25, 0.3) is 5.91 Å². The molecule has 3 aliphatic rings. The molecule has 0 aliphatic carbocycles. The standard InChI is InChI=1S/C17H22N2O4/c20-9-14-10-22-15-2-1-12(6-16(15)23-14)17(21)18-13-5-11-3-4-19(7-11)8-13/h1-2,6,11,13-14,20H,3-5,7-10H2,(H,18,21)/t11-,13+,14+/m0/s1. The van der Waals surface area contributed by atoms with Crippen molar-refractivity contribution in [2.75, 3.05) is 32.8 Å². The molecule has 1 aromatic rings. The largest absolute Gasteiger partial charge is 0.486 e. The van der Waals surface area contributed by atoms with Crippen LogP contribution in [0.2, 0.25) is 0 Å². The Balaban J connectivity index is 1.44. The zero-order valence-corrected chi connectivity index (χ0v) is 13.0. The minimum atomic E-state index is -0.373. The van der Waals surface area contributed by atoms with E-state index in [1.807, 2.05) is 0 Å². The second kappa shape index (κ2) is 6.02. The normalized spacial score (nSPS) is 31.7. The molecular formula is C17H22N2O4. The Hall–Kier alpha value is -1.79. The smallest absolute Gasteiger partial charge is 0.251 e. The Kier molecular flexibility index (Phi) is 3.87. The minimum absolute atomic E-state index is 0.0741. The summed E-state index contributed by atoms with van der Waals surface area (Å²) in [6.45, 7) is 3.51. The third-order valence-electron chi connectivity index (χ3n) is 4.93. The molecule has 2 bridgehead atoms. The van der Waals surface area contributed by atoms with Crippen LogP contribution in [0.3, 0.4) is 0 Å². The number of hydrogen-bond donors (Lipinski definition) is 2. The lowest BCUT2D eigenvalue weighted by molar-refractivity contribution is 0.0455. The number of carbonyl (C=O) groups is 1. The van der Waals surface area contributed by atoms with Crippen LogP contribution in [0.15, 0.2) is 18.2 Å². The SMILES string of the molecule is O=C(N[C@@H]1C[C@@H]2CCN(C2)C1)c1ccc2c(c1)O[C@H](CO)CO2. The van der Waals surface area contributed by atoms with E-state index in [9.17, 15) is 9.90 Å². The first-order valence-corrected chi connectivity index (χ1v) is 8.29. The molecule has 0 spiro atoms. The lowest BCUT2D eigenvalue weighted by Gasteiger charge is -2.30. The Labute approximate surface area is 135 Å². The molecule has 4 atom stereocenters. The lowest BCUT2D eigenvalue weighted by Crippen LogP contribution is -2.47. The number of aliphatic hydroxyl groups is 1. The summed E-state index contributed by atoms with van der Waals surface area (Å²) in [5.41, 5.74) is 0.568. The van der Waals surface area contributed by atoms with Crippen LogP contribution in [0.4, 0.5) is 0 Å². The van der Waals surface area contributed by atoms with E-state index in [1.54, 1.807) is 18.2 Å².